The maximum absolute atomic E-state index is 13.0. The molecule has 0 spiro atoms. The number of hydrogen-bond donors (Lipinski definition) is 1. The Morgan fingerprint density at radius 2 is 2.14 bits per heavy atom. The minimum Gasteiger partial charge on any atom is -0.402 e. The number of fused-ring (bicyclic) bond motifs is 1. The van der Waals surface area contributed by atoms with Gasteiger partial charge in [0.1, 0.15) is 18.2 Å². The summed E-state index contributed by atoms with van der Waals surface area (Å²) in [5, 5.41) is 4.79. The smallest absolute Gasteiger partial charge is 0.254 e. The van der Waals surface area contributed by atoms with Crippen molar-refractivity contribution in [2.45, 2.75) is 12.8 Å². The lowest BCUT2D eigenvalue weighted by Crippen LogP contribution is -2.40. The Morgan fingerprint density at radius 3 is 2.90 bits per heavy atom. The van der Waals surface area contributed by atoms with Crippen LogP contribution in [0.4, 0.5) is 0 Å². The molecule has 150 valence electrons. The van der Waals surface area contributed by atoms with Gasteiger partial charge in [-0.1, -0.05) is 28.4 Å². The van der Waals surface area contributed by atoms with Crippen LogP contribution in [-0.4, -0.2) is 47.6 Å². The van der Waals surface area contributed by atoms with Crippen LogP contribution in [0.1, 0.15) is 28.0 Å². The van der Waals surface area contributed by atoms with Crippen molar-refractivity contribution in [1.82, 2.24) is 10.1 Å². The summed E-state index contributed by atoms with van der Waals surface area (Å²) >= 11 is 12.0. The molecular weight excluding hydrogens is 415 g/mol. The maximum Gasteiger partial charge on any atom is 0.254 e. The largest absolute Gasteiger partial charge is 0.402 e. The molecule has 7 nitrogen and oxygen atoms in total. The quantitative estimate of drug-likeness (QED) is 0.751. The first-order valence-corrected chi connectivity index (χ1v) is 9.89. The first kappa shape index (κ1) is 19.7. The van der Waals surface area contributed by atoms with E-state index in [-0.39, 0.29) is 18.4 Å². The van der Waals surface area contributed by atoms with Crippen molar-refractivity contribution in [3.63, 3.8) is 0 Å². The van der Waals surface area contributed by atoms with Crippen LogP contribution in [0.25, 0.3) is 0 Å². The van der Waals surface area contributed by atoms with E-state index in [0.29, 0.717) is 58.6 Å². The number of rotatable bonds is 3. The predicted molar refractivity (Wildman–Crippen MR) is 109 cm³/mol. The summed E-state index contributed by atoms with van der Waals surface area (Å²) in [5.41, 5.74) is 10.1. The van der Waals surface area contributed by atoms with Gasteiger partial charge in [0.15, 0.2) is 0 Å². The fourth-order valence-electron chi connectivity index (χ4n) is 3.55. The van der Waals surface area contributed by atoms with E-state index in [9.17, 15) is 9.59 Å². The van der Waals surface area contributed by atoms with Gasteiger partial charge >= 0.3 is 0 Å². The molecule has 9 heteroatoms. The number of hydrogen-bond acceptors (Lipinski definition) is 6. The zero-order valence-electron chi connectivity index (χ0n) is 15.4. The van der Waals surface area contributed by atoms with E-state index in [0.717, 1.165) is 17.4 Å². The number of carbonyl (C=O) groups excluding carboxylic acids is 2. The molecule has 0 aliphatic carbocycles. The first-order valence-electron chi connectivity index (χ1n) is 9.13. The topological polar surface area (TPSA) is 102 Å². The number of nitrogens with zero attached hydrogens (tertiary/aromatic N) is 3. The van der Waals surface area contributed by atoms with Crippen LogP contribution in [0.5, 0.6) is 0 Å². The van der Waals surface area contributed by atoms with E-state index in [1.165, 1.54) is 6.26 Å². The molecule has 1 atom stereocenters. The number of aromatic nitrogens is 1. The molecule has 1 aromatic carbocycles. The zero-order valence-corrected chi connectivity index (χ0v) is 16.9. The standard InChI is InChI=1S/C20H18Cl2N4O3/c21-15-2-1-12(6-16(15)22)20(28)26-4-3-17(23)14(8-26)19-18-13(10-29-25-18)5-11(9-27)7-24-19/h1-2,6,9-11H,3-5,7-8,23H2. The Morgan fingerprint density at radius 1 is 1.31 bits per heavy atom. The number of aliphatic imine (C=N–C) groups is 1. The SMILES string of the molecule is NC1=C(C2=NCC(C=O)Cc3conc32)CN(C(=O)c2ccc(Cl)c(Cl)c2)CC1. The average molecular weight is 433 g/mol. The van der Waals surface area contributed by atoms with Gasteiger partial charge in [0.25, 0.3) is 5.91 Å². The summed E-state index contributed by atoms with van der Waals surface area (Å²) in [4.78, 5) is 30.6. The Kier molecular flexibility index (Phi) is 5.43. The number of amides is 1. The summed E-state index contributed by atoms with van der Waals surface area (Å²) in [6.45, 7) is 1.10. The molecule has 0 radical (unpaired) electrons. The molecule has 3 heterocycles. The molecule has 2 N–H and O–H groups in total. The molecule has 0 saturated carbocycles. The summed E-state index contributed by atoms with van der Waals surface area (Å²) in [7, 11) is 0. The van der Waals surface area contributed by atoms with E-state index in [2.05, 4.69) is 10.1 Å². The van der Waals surface area contributed by atoms with Gasteiger partial charge in [0, 0.05) is 54.4 Å². The Labute approximate surface area is 177 Å². The van der Waals surface area contributed by atoms with Crippen LogP contribution < -0.4 is 5.73 Å². The van der Waals surface area contributed by atoms with Crippen molar-refractivity contribution in [3.05, 3.63) is 62.6 Å². The van der Waals surface area contributed by atoms with Gasteiger partial charge in [-0.3, -0.25) is 9.79 Å². The third-order valence-corrected chi connectivity index (χ3v) is 5.89. The highest BCUT2D eigenvalue weighted by atomic mass is 35.5. The van der Waals surface area contributed by atoms with Crippen LogP contribution in [0.2, 0.25) is 10.0 Å². The second-order valence-corrected chi connectivity index (χ2v) is 7.90. The molecule has 1 unspecified atom stereocenters. The minimum absolute atomic E-state index is 0.172. The predicted octanol–water partition coefficient (Wildman–Crippen LogP) is 2.90. The fraction of sp³-hybridized carbons (Fsp3) is 0.300. The number of nitrogens with two attached hydrogens (primary N) is 1. The summed E-state index contributed by atoms with van der Waals surface area (Å²) in [6.07, 6.45) is 3.44. The number of halogens is 2. The van der Waals surface area contributed by atoms with E-state index in [1.54, 1.807) is 23.1 Å². The van der Waals surface area contributed by atoms with Crippen LogP contribution >= 0.6 is 23.2 Å². The van der Waals surface area contributed by atoms with Gasteiger partial charge in [-0.2, -0.15) is 0 Å². The summed E-state index contributed by atoms with van der Waals surface area (Å²) in [6, 6.07) is 4.80. The highest BCUT2D eigenvalue weighted by molar-refractivity contribution is 6.42. The van der Waals surface area contributed by atoms with Crippen molar-refractivity contribution in [3.8, 4) is 0 Å². The summed E-state index contributed by atoms with van der Waals surface area (Å²) < 4.78 is 5.12. The molecule has 2 aliphatic heterocycles. The maximum atomic E-state index is 13.0. The molecular formula is C20H18Cl2N4O3. The molecule has 1 aromatic heterocycles. The molecule has 2 aliphatic rings. The second kappa shape index (κ2) is 8.00. The van der Waals surface area contributed by atoms with E-state index < -0.39 is 0 Å². The lowest BCUT2D eigenvalue weighted by molar-refractivity contribution is -0.110. The van der Waals surface area contributed by atoms with Gasteiger partial charge < -0.3 is 20.0 Å². The first-order chi connectivity index (χ1) is 14.0. The van der Waals surface area contributed by atoms with Gasteiger partial charge in [-0.05, 0) is 24.6 Å². The van der Waals surface area contributed by atoms with E-state index in [4.69, 9.17) is 33.5 Å². The average Bonchev–Trinajstić information content (AvgIpc) is 3.10. The number of carbonyl (C=O) groups is 2. The molecule has 4 rings (SSSR count). The molecule has 0 bridgehead atoms. The molecule has 29 heavy (non-hydrogen) atoms. The molecule has 0 fully saturated rings. The van der Waals surface area contributed by atoms with Crippen molar-refractivity contribution < 1.29 is 14.1 Å². The van der Waals surface area contributed by atoms with Crippen molar-refractivity contribution in [2.75, 3.05) is 19.6 Å². The van der Waals surface area contributed by atoms with Gasteiger partial charge in [0.05, 0.1) is 15.8 Å². The monoisotopic (exact) mass is 432 g/mol. The summed E-state index contributed by atoms with van der Waals surface area (Å²) in [5.74, 6) is -0.418. The Bertz CT molecular complexity index is 1040. The minimum atomic E-state index is -0.245. The van der Waals surface area contributed by atoms with Crippen LogP contribution in [0.15, 0.2) is 45.2 Å². The molecule has 1 amide bonds. The number of aldehydes is 1. The highest BCUT2D eigenvalue weighted by Gasteiger charge is 2.30. The van der Waals surface area contributed by atoms with E-state index in [1.807, 2.05) is 0 Å². The third-order valence-electron chi connectivity index (χ3n) is 5.15. The van der Waals surface area contributed by atoms with Gasteiger partial charge in [-0.25, -0.2) is 0 Å². The second-order valence-electron chi connectivity index (χ2n) is 7.09. The Hall–Kier alpha value is -2.64. The zero-order chi connectivity index (χ0) is 20.5. The number of benzene rings is 1. The van der Waals surface area contributed by atoms with Gasteiger partial charge in [0.2, 0.25) is 0 Å². The fourth-order valence-corrected chi connectivity index (χ4v) is 3.85. The lowest BCUT2D eigenvalue weighted by Gasteiger charge is -2.30. The van der Waals surface area contributed by atoms with Crippen LogP contribution in [0, 0.1) is 5.92 Å². The van der Waals surface area contributed by atoms with Crippen LogP contribution in [0.3, 0.4) is 0 Å². The third kappa shape index (κ3) is 3.80. The lowest BCUT2D eigenvalue weighted by atomic mass is 9.96. The van der Waals surface area contributed by atoms with Crippen molar-refractivity contribution in [2.24, 2.45) is 16.6 Å². The van der Waals surface area contributed by atoms with Crippen molar-refractivity contribution >= 4 is 41.1 Å². The molecule has 0 saturated heterocycles. The van der Waals surface area contributed by atoms with Crippen molar-refractivity contribution in [1.29, 1.82) is 0 Å². The highest BCUT2D eigenvalue weighted by Crippen LogP contribution is 2.27. The van der Waals surface area contributed by atoms with Gasteiger partial charge in [-0.15, -0.1) is 0 Å². The normalized spacial score (nSPS) is 19.4. The molecule has 2 aromatic rings. The van der Waals surface area contributed by atoms with Crippen LogP contribution in [-0.2, 0) is 11.2 Å². The Balaban J connectivity index is 1.65. The van der Waals surface area contributed by atoms with E-state index >= 15 is 0 Å².